The van der Waals surface area contributed by atoms with Crippen molar-refractivity contribution in [1.29, 1.82) is 0 Å². The highest BCUT2D eigenvalue weighted by molar-refractivity contribution is 7.91. The quantitative estimate of drug-likeness (QED) is 0.906. The second kappa shape index (κ2) is 4.86. The Morgan fingerprint density at radius 3 is 2.79 bits per heavy atom. The minimum absolute atomic E-state index is 0.0816. The van der Waals surface area contributed by atoms with E-state index in [0.29, 0.717) is 11.0 Å². The van der Waals surface area contributed by atoms with Gasteiger partial charge in [-0.1, -0.05) is 12.1 Å². The Balaban J connectivity index is 1.93. The Morgan fingerprint density at radius 2 is 2.05 bits per heavy atom. The number of rotatable bonds is 3. The Labute approximate surface area is 112 Å². The van der Waals surface area contributed by atoms with E-state index in [0.717, 1.165) is 19.5 Å². The number of hydrogen-bond donors (Lipinski definition) is 1. The van der Waals surface area contributed by atoms with E-state index >= 15 is 0 Å². The first kappa shape index (κ1) is 12.5. The SMILES string of the molecule is O=S(=O)(CC1CCNC1)c1cnc2ccccc2n1. The highest BCUT2D eigenvalue weighted by Gasteiger charge is 2.25. The molecule has 0 radical (unpaired) electrons. The van der Waals surface area contributed by atoms with E-state index in [1.54, 1.807) is 6.07 Å². The first-order valence-corrected chi connectivity index (χ1v) is 7.96. The summed E-state index contributed by atoms with van der Waals surface area (Å²) in [4.78, 5) is 8.38. The number of hydrogen-bond acceptors (Lipinski definition) is 5. The highest BCUT2D eigenvalue weighted by atomic mass is 32.2. The van der Waals surface area contributed by atoms with Gasteiger partial charge in [0, 0.05) is 0 Å². The van der Waals surface area contributed by atoms with E-state index in [-0.39, 0.29) is 16.7 Å². The fraction of sp³-hybridized carbons (Fsp3) is 0.385. The number of para-hydroxylation sites is 2. The molecule has 19 heavy (non-hydrogen) atoms. The van der Waals surface area contributed by atoms with Crippen molar-refractivity contribution in [3.63, 3.8) is 0 Å². The lowest BCUT2D eigenvalue weighted by Crippen LogP contribution is -2.19. The molecule has 6 heteroatoms. The summed E-state index contributed by atoms with van der Waals surface area (Å²) in [6, 6.07) is 7.28. The van der Waals surface area contributed by atoms with E-state index in [4.69, 9.17) is 0 Å². The van der Waals surface area contributed by atoms with E-state index in [2.05, 4.69) is 15.3 Å². The molecule has 0 amide bonds. The van der Waals surface area contributed by atoms with Crippen molar-refractivity contribution in [2.24, 2.45) is 5.92 Å². The average molecular weight is 277 g/mol. The maximum Gasteiger partial charge on any atom is 0.197 e. The van der Waals surface area contributed by atoms with Crippen LogP contribution in [0.3, 0.4) is 0 Å². The first-order valence-electron chi connectivity index (χ1n) is 6.30. The summed E-state index contributed by atoms with van der Waals surface area (Å²) in [5, 5.41) is 3.26. The van der Waals surface area contributed by atoms with Crippen LogP contribution in [-0.2, 0) is 9.84 Å². The van der Waals surface area contributed by atoms with Crippen LogP contribution in [0.1, 0.15) is 6.42 Å². The summed E-state index contributed by atoms with van der Waals surface area (Å²) in [6.07, 6.45) is 2.26. The zero-order valence-electron chi connectivity index (χ0n) is 10.4. The maximum absolute atomic E-state index is 12.3. The van der Waals surface area contributed by atoms with Gasteiger partial charge in [0.2, 0.25) is 0 Å². The summed E-state index contributed by atoms with van der Waals surface area (Å²) >= 11 is 0. The molecule has 1 aromatic carbocycles. The third kappa shape index (κ3) is 2.59. The molecule has 100 valence electrons. The van der Waals surface area contributed by atoms with Crippen LogP contribution in [0.2, 0.25) is 0 Å². The fourth-order valence-electron chi connectivity index (χ4n) is 2.34. The van der Waals surface area contributed by atoms with Crippen molar-refractivity contribution in [2.75, 3.05) is 18.8 Å². The van der Waals surface area contributed by atoms with Crippen molar-refractivity contribution in [3.8, 4) is 0 Å². The lowest BCUT2D eigenvalue weighted by atomic mass is 10.2. The molecule has 0 bridgehead atoms. The summed E-state index contributed by atoms with van der Waals surface area (Å²) in [5.41, 5.74) is 1.33. The standard InChI is InChI=1S/C13H15N3O2S/c17-19(18,9-10-5-6-14-7-10)13-8-15-11-3-1-2-4-12(11)16-13/h1-4,8,10,14H,5-7,9H2. The van der Waals surface area contributed by atoms with Gasteiger partial charge in [-0.05, 0) is 37.6 Å². The third-order valence-electron chi connectivity index (χ3n) is 3.36. The van der Waals surface area contributed by atoms with Crippen molar-refractivity contribution < 1.29 is 8.42 Å². The zero-order valence-corrected chi connectivity index (χ0v) is 11.2. The molecule has 3 rings (SSSR count). The predicted molar refractivity (Wildman–Crippen MR) is 72.6 cm³/mol. The summed E-state index contributed by atoms with van der Waals surface area (Å²) in [5.74, 6) is 0.325. The zero-order chi connectivity index (χ0) is 13.3. The minimum Gasteiger partial charge on any atom is -0.316 e. The van der Waals surface area contributed by atoms with Crippen LogP contribution in [0.15, 0.2) is 35.5 Å². The van der Waals surface area contributed by atoms with Gasteiger partial charge in [0.15, 0.2) is 14.9 Å². The number of nitrogens with one attached hydrogen (secondary N) is 1. The lowest BCUT2D eigenvalue weighted by molar-refractivity contribution is 0.567. The van der Waals surface area contributed by atoms with Crippen molar-refractivity contribution >= 4 is 20.9 Å². The molecule has 1 unspecified atom stereocenters. The van der Waals surface area contributed by atoms with Gasteiger partial charge in [-0.3, -0.25) is 4.98 Å². The van der Waals surface area contributed by atoms with Gasteiger partial charge in [0.05, 0.1) is 23.0 Å². The average Bonchev–Trinajstić information content (AvgIpc) is 2.90. The topological polar surface area (TPSA) is 72.0 Å². The molecule has 1 N–H and O–H groups in total. The minimum atomic E-state index is -3.35. The van der Waals surface area contributed by atoms with Gasteiger partial charge in [0.25, 0.3) is 0 Å². The third-order valence-corrected chi connectivity index (χ3v) is 5.11. The molecule has 2 heterocycles. The molecule has 1 saturated heterocycles. The highest BCUT2D eigenvalue weighted by Crippen LogP contribution is 2.18. The summed E-state index contributed by atoms with van der Waals surface area (Å²) < 4.78 is 24.6. The van der Waals surface area contributed by atoms with Crippen molar-refractivity contribution in [2.45, 2.75) is 11.4 Å². The molecule has 1 atom stereocenters. The number of sulfone groups is 1. The van der Waals surface area contributed by atoms with Gasteiger partial charge in [-0.25, -0.2) is 13.4 Å². The molecule has 1 aliphatic heterocycles. The van der Waals surface area contributed by atoms with E-state index in [9.17, 15) is 8.42 Å². The molecule has 0 spiro atoms. The molecule has 2 aromatic rings. The smallest absolute Gasteiger partial charge is 0.197 e. The Hall–Kier alpha value is -1.53. The number of fused-ring (bicyclic) bond motifs is 1. The Kier molecular flexibility index (Phi) is 3.20. The Morgan fingerprint density at radius 1 is 1.26 bits per heavy atom. The molecule has 0 saturated carbocycles. The van der Waals surface area contributed by atoms with Gasteiger partial charge in [0.1, 0.15) is 0 Å². The molecule has 5 nitrogen and oxygen atoms in total. The molecular formula is C13H15N3O2S. The summed E-state index contributed by atoms with van der Waals surface area (Å²) in [7, 11) is -3.35. The van der Waals surface area contributed by atoms with Gasteiger partial charge in [-0.2, -0.15) is 0 Å². The Bertz CT molecular complexity index is 694. The molecule has 1 fully saturated rings. The predicted octanol–water partition coefficient (Wildman–Crippen LogP) is 1.01. The second-order valence-corrected chi connectivity index (χ2v) is 6.82. The number of aromatic nitrogens is 2. The lowest BCUT2D eigenvalue weighted by Gasteiger charge is -2.09. The molecule has 0 aliphatic carbocycles. The largest absolute Gasteiger partial charge is 0.316 e. The summed E-state index contributed by atoms with van der Waals surface area (Å²) in [6.45, 7) is 1.66. The molecular weight excluding hydrogens is 262 g/mol. The van der Waals surface area contributed by atoms with Crippen LogP contribution in [0.4, 0.5) is 0 Å². The van der Waals surface area contributed by atoms with Gasteiger partial charge >= 0.3 is 0 Å². The first-order chi connectivity index (χ1) is 9.15. The van der Waals surface area contributed by atoms with Gasteiger partial charge < -0.3 is 5.32 Å². The maximum atomic E-state index is 12.3. The normalized spacial score (nSPS) is 19.9. The van der Waals surface area contributed by atoms with E-state index in [1.165, 1.54) is 6.20 Å². The van der Waals surface area contributed by atoms with Crippen LogP contribution < -0.4 is 5.32 Å². The van der Waals surface area contributed by atoms with Crippen LogP contribution in [0.25, 0.3) is 11.0 Å². The van der Waals surface area contributed by atoms with Crippen LogP contribution in [0, 0.1) is 5.92 Å². The second-order valence-electron chi connectivity index (χ2n) is 4.84. The number of benzene rings is 1. The van der Waals surface area contributed by atoms with E-state index in [1.807, 2.05) is 18.2 Å². The van der Waals surface area contributed by atoms with Crippen LogP contribution >= 0.6 is 0 Å². The van der Waals surface area contributed by atoms with E-state index < -0.39 is 9.84 Å². The van der Waals surface area contributed by atoms with Crippen molar-refractivity contribution in [3.05, 3.63) is 30.5 Å². The van der Waals surface area contributed by atoms with Crippen LogP contribution in [-0.4, -0.2) is 37.2 Å². The monoisotopic (exact) mass is 277 g/mol. The van der Waals surface area contributed by atoms with Crippen molar-refractivity contribution in [1.82, 2.24) is 15.3 Å². The van der Waals surface area contributed by atoms with Crippen LogP contribution in [0.5, 0.6) is 0 Å². The fourth-order valence-corrected chi connectivity index (χ4v) is 3.87. The molecule has 1 aliphatic rings. The number of nitrogens with zero attached hydrogens (tertiary/aromatic N) is 2. The van der Waals surface area contributed by atoms with Gasteiger partial charge in [-0.15, -0.1) is 0 Å². The molecule has 1 aromatic heterocycles.